The van der Waals surface area contributed by atoms with Crippen molar-refractivity contribution >= 4 is 39.4 Å². The average Bonchev–Trinajstić information content (AvgIpc) is 2.87. The molecular formula is C17H18B3NO5S. The van der Waals surface area contributed by atoms with E-state index in [1.165, 1.54) is 23.5 Å². The third kappa shape index (κ3) is 3.14. The van der Waals surface area contributed by atoms with E-state index in [2.05, 4.69) is 0 Å². The van der Waals surface area contributed by atoms with Crippen LogP contribution in [-0.2, 0) is 33.9 Å². The molecule has 0 saturated heterocycles. The van der Waals surface area contributed by atoms with Gasteiger partial charge in [-0.3, -0.25) is 4.79 Å². The number of benzene rings is 2. The molecule has 10 heteroatoms. The Morgan fingerprint density at radius 2 is 1.52 bits per heavy atom. The van der Waals surface area contributed by atoms with Crippen LogP contribution in [-0.4, -0.2) is 37.7 Å². The summed E-state index contributed by atoms with van der Waals surface area (Å²) in [6.45, 7) is 0. The number of hydrogen-bond acceptors (Lipinski definition) is 6. The molecule has 2 N–H and O–H groups in total. The van der Waals surface area contributed by atoms with Gasteiger partial charge in [-0.2, -0.15) is 8.42 Å². The maximum atomic E-state index is 12.9. The van der Waals surface area contributed by atoms with E-state index in [9.17, 15) is 13.2 Å². The molecule has 1 aliphatic rings. The summed E-state index contributed by atoms with van der Waals surface area (Å²) >= 11 is 0. The van der Waals surface area contributed by atoms with E-state index >= 15 is 0 Å². The monoisotopic (exact) mass is 381 g/mol. The number of rotatable bonds is 5. The lowest BCUT2D eigenvalue weighted by Gasteiger charge is -2.25. The molecule has 1 atom stereocenters. The molecule has 2 aromatic rings. The highest BCUT2D eigenvalue weighted by atomic mass is 32.2. The number of nitrogens with two attached hydrogens (primary N) is 1. The van der Waals surface area contributed by atoms with Crippen molar-refractivity contribution in [2.75, 3.05) is 0 Å². The number of carbonyl (C=O) groups is 1. The van der Waals surface area contributed by atoms with Crippen LogP contribution in [0.3, 0.4) is 0 Å². The third-order valence-electron chi connectivity index (χ3n) is 4.79. The molecule has 0 radical (unpaired) electrons. The Bertz CT molecular complexity index is 1010. The van der Waals surface area contributed by atoms with Gasteiger partial charge in [0, 0.05) is 0 Å². The van der Waals surface area contributed by atoms with Gasteiger partial charge in [0.25, 0.3) is 0 Å². The molecular weight excluding hydrogens is 363 g/mol. The van der Waals surface area contributed by atoms with Gasteiger partial charge in [0.05, 0.1) is 4.55 Å². The molecule has 1 aliphatic heterocycles. The minimum atomic E-state index is -4.23. The molecule has 27 heavy (non-hydrogen) atoms. The molecule has 0 saturated carbocycles. The second-order valence-corrected chi connectivity index (χ2v) is 9.03. The van der Waals surface area contributed by atoms with Crippen LogP contribution in [0, 0.1) is 0 Å². The number of ether oxygens (including phenoxy) is 1. The molecule has 1 heterocycles. The van der Waals surface area contributed by atoms with Crippen LogP contribution >= 0.6 is 0 Å². The van der Waals surface area contributed by atoms with Gasteiger partial charge in [-0.05, 0) is 11.1 Å². The highest BCUT2D eigenvalue weighted by Gasteiger charge is 2.50. The second-order valence-electron chi connectivity index (χ2n) is 6.94. The van der Waals surface area contributed by atoms with Crippen molar-refractivity contribution < 1.29 is 22.1 Å². The van der Waals surface area contributed by atoms with Crippen LogP contribution in [0.2, 0.25) is 0 Å². The molecule has 0 aromatic heterocycles. The first-order valence-corrected chi connectivity index (χ1v) is 9.79. The van der Waals surface area contributed by atoms with Gasteiger partial charge in [-0.1, -0.05) is 60.7 Å². The Morgan fingerprint density at radius 1 is 1.00 bits per heavy atom. The standard InChI is InChI=1S/C17H18B3NO5S/c18-16(11-7-3-1-4-8-11)14(22)13(15(21)25-16)26-27(23,24)17(19,20)12-9-5-2-6-10-12/h1-10H,18-21H2/t16-/m0/s1. The predicted molar refractivity (Wildman–Crippen MR) is 109 cm³/mol. The molecule has 0 aliphatic carbocycles. The molecule has 6 nitrogen and oxygen atoms in total. The SMILES string of the molecule is BC(B)(c1ccccc1)S(=O)(=O)OC1=C(N)O[C@@](B)(c2ccccc2)C1=O. The van der Waals surface area contributed by atoms with Crippen LogP contribution in [0.1, 0.15) is 11.1 Å². The number of hydrogen-bond donors (Lipinski definition) is 1. The minimum Gasteiger partial charge on any atom is -0.467 e. The van der Waals surface area contributed by atoms with E-state index < -0.39 is 31.7 Å². The topological polar surface area (TPSA) is 95.7 Å². The van der Waals surface area contributed by atoms with Crippen molar-refractivity contribution in [1.82, 2.24) is 0 Å². The molecule has 2 aromatic carbocycles. The van der Waals surface area contributed by atoms with Crippen molar-refractivity contribution in [3.05, 3.63) is 83.4 Å². The van der Waals surface area contributed by atoms with Gasteiger partial charge in [0.2, 0.25) is 17.4 Å². The fourth-order valence-corrected chi connectivity index (χ4v) is 3.87. The van der Waals surface area contributed by atoms with E-state index in [4.69, 9.17) is 14.7 Å². The lowest BCUT2D eigenvalue weighted by Crippen LogP contribution is -2.40. The summed E-state index contributed by atoms with van der Waals surface area (Å²) in [4.78, 5) is 12.9. The van der Waals surface area contributed by atoms with Crippen molar-refractivity contribution in [1.29, 1.82) is 0 Å². The smallest absolute Gasteiger partial charge is 0.304 e. The Morgan fingerprint density at radius 3 is 2.07 bits per heavy atom. The molecule has 0 spiro atoms. The summed E-state index contributed by atoms with van der Waals surface area (Å²) < 4.78 is 35.2. The highest BCUT2D eigenvalue weighted by molar-refractivity contribution is 7.90. The van der Waals surface area contributed by atoms with Crippen LogP contribution in [0.4, 0.5) is 0 Å². The van der Waals surface area contributed by atoms with Gasteiger partial charge in [0.15, 0.2) is 13.3 Å². The number of ketones is 1. The van der Waals surface area contributed by atoms with E-state index in [-0.39, 0.29) is 5.88 Å². The van der Waals surface area contributed by atoms with Gasteiger partial charge < -0.3 is 14.7 Å². The first-order valence-electron chi connectivity index (χ1n) is 8.38. The zero-order chi connectivity index (χ0) is 19.9. The van der Waals surface area contributed by atoms with Gasteiger partial charge in [0.1, 0.15) is 15.7 Å². The van der Waals surface area contributed by atoms with Crippen molar-refractivity contribution in [2.24, 2.45) is 5.73 Å². The summed E-state index contributed by atoms with van der Waals surface area (Å²) in [6, 6.07) is 17.3. The maximum Gasteiger partial charge on any atom is 0.304 e. The van der Waals surface area contributed by atoms with E-state index in [1.54, 1.807) is 60.7 Å². The van der Waals surface area contributed by atoms with Gasteiger partial charge in [-0.15, -0.1) is 0 Å². The molecule has 136 valence electrons. The Balaban J connectivity index is 1.94. The van der Waals surface area contributed by atoms with Crippen LogP contribution < -0.4 is 5.73 Å². The quantitative estimate of drug-likeness (QED) is 0.507. The molecule has 0 bridgehead atoms. The van der Waals surface area contributed by atoms with Crippen molar-refractivity contribution in [3.8, 4) is 0 Å². The second kappa shape index (κ2) is 6.53. The lowest BCUT2D eigenvalue weighted by atomic mass is 9.65. The largest absolute Gasteiger partial charge is 0.467 e. The first-order chi connectivity index (χ1) is 12.6. The van der Waals surface area contributed by atoms with Crippen molar-refractivity contribution in [3.63, 3.8) is 0 Å². The zero-order valence-corrected chi connectivity index (χ0v) is 16.1. The molecule has 0 amide bonds. The summed E-state index contributed by atoms with van der Waals surface area (Å²) in [6.07, 6.45) is 0. The molecule has 0 unspecified atom stereocenters. The van der Waals surface area contributed by atoms with E-state index in [0.29, 0.717) is 11.1 Å². The van der Waals surface area contributed by atoms with E-state index in [0.717, 1.165) is 0 Å². The van der Waals surface area contributed by atoms with E-state index in [1.807, 2.05) is 0 Å². The zero-order valence-electron chi connectivity index (χ0n) is 15.3. The fourth-order valence-electron chi connectivity index (χ4n) is 2.86. The predicted octanol–water partition coefficient (Wildman–Crippen LogP) is -1.38. The number of carbonyl (C=O) groups excluding carboxylic acids is 1. The summed E-state index contributed by atoms with van der Waals surface area (Å²) in [5.74, 6) is -1.48. The van der Waals surface area contributed by atoms with Crippen LogP contribution in [0.5, 0.6) is 0 Å². The Hall–Kier alpha value is -2.61. The summed E-state index contributed by atoms with van der Waals surface area (Å²) in [5.41, 5.74) is 5.46. The third-order valence-corrected chi connectivity index (χ3v) is 6.66. The van der Waals surface area contributed by atoms with Crippen molar-refractivity contribution in [2.45, 2.75) is 10.0 Å². The molecule has 0 fully saturated rings. The summed E-state index contributed by atoms with van der Waals surface area (Å²) in [7, 11) is 0.308. The minimum absolute atomic E-state index is 0.348. The Labute approximate surface area is 161 Å². The lowest BCUT2D eigenvalue weighted by molar-refractivity contribution is -0.126. The first kappa shape index (κ1) is 19.2. The fraction of sp³-hybridized carbons (Fsp3) is 0.118. The van der Waals surface area contributed by atoms with Gasteiger partial charge in [-0.25, -0.2) is 0 Å². The Kier molecular flexibility index (Phi) is 4.63. The molecule has 3 rings (SSSR count). The highest BCUT2D eigenvalue weighted by Crippen LogP contribution is 2.37. The number of Topliss-reactive ketones (excluding diaryl/α,β-unsaturated/α-hetero) is 1. The van der Waals surface area contributed by atoms with Gasteiger partial charge >= 0.3 is 10.1 Å². The maximum absolute atomic E-state index is 12.9. The normalized spacial score (nSPS) is 20.4. The van der Waals surface area contributed by atoms with Crippen LogP contribution in [0.15, 0.2) is 72.3 Å². The summed E-state index contributed by atoms with van der Waals surface area (Å²) in [5, 5.41) is 0. The average molecular weight is 381 g/mol. The van der Waals surface area contributed by atoms with Crippen LogP contribution in [0.25, 0.3) is 0 Å².